The SMILES string of the molecule is CC(C)CC(O)CNS(=O)(=O)CC1CCC1. The van der Waals surface area contributed by atoms with E-state index >= 15 is 0 Å². The molecule has 96 valence electrons. The highest BCUT2D eigenvalue weighted by Gasteiger charge is 2.24. The number of hydrogen-bond acceptors (Lipinski definition) is 3. The van der Waals surface area contributed by atoms with Crippen molar-refractivity contribution >= 4 is 10.0 Å². The zero-order valence-corrected chi connectivity index (χ0v) is 11.0. The molecule has 5 heteroatoms. The van der Waals surface area contributed by atoms with Gasteiger partial charge in [-0.25, -0.2) is 13.1 Å². The first-order valence-corrected chi connectivity index (χ1v) is 7.69. The van der Waals surface area contributed by atoms with Gasteiger partial charge in [-0.2, -0.15) is 0 Å². The molecule has 0 aromatic carbocycles. The van der Waals surface area contributed by atoms with Gasteiger partial charge in [0.2, 0.25) is 10.0 Å². The predicted molar refractivity (Wildman–Crippen MR) is 64.6 cm³/mol. The summed E-state index contributed by atoms with van der Waals surface area (Å²) in [5.74, 6) is 0.937. The molecule has 0 aromatic heterocycles. The van der Waals surface area contributed by atoms with Crippen LogP contribution in [-0.2, 0) is 10.0 Å². The average molecular weight is 249 g/mol. The Balaban J connectivity index is 2.24. The van der Waals surface area contributed by atoms with E-state index in [0.29, 0.717) is 18.3 Å². The molecular weight excluding hydrogens is 226 g/mol. The third kappa shape index (κ3) is 5.27. The maximum Gasteiger partial charge on any atom is 0.211 e. The van der Waals surface area contributed by atoms with E-state index in [2.05, 4.69) is 4.72 Å². The molecule has 1 saturated carbocycles. The molecule has 1 fully saturated rings. The molecule has 0 bridgehead atoms. The van der Waals surface area contributed by atoms with E-state index in [-0.39, 0.29) is 12.3 Å². The van der Waals surface area contributed by atoms with Crippen LogP contribution < -0.4 is 4.72 Å². The van der Waals surface area contributed by atoms with E-state index in [1.165, 1.54) is 0 Å². The van der Waals surface area contributed by atoms with Gasteiger partial charge in [-0.3, -0.25) is 0 Å². The second kappa shape index (κ2) is 5.98. The second-order valence-corrected chi connectivity index (χ2v) is 7.06. The Morgan fingerprint density at radius 2 is 2.00 bits per heavy atom. The lowest BCUT2D eigenvalue weighted by molar-refractivity contribution is 0.152. The van der Waals surface area contributed by atoms with Crippen LogP contribution in [0.3, 0.4) is 0 Å². The molecule has 1 rings (SSSR count). The molecule has 16 heavy (non-hydrogen) atoms. The van der Waals surface area contributed by atoms with Gasteiger partial charge in [0.05, 0.1) is 11.9 Å². The Kier molecular flexibility index (Phi) is 5.21. The van der Waals surface area contributed by atoms with Crippen molar-refractivity contribution in [3.63, 3.8) is 0 Å². The normalized spacial score (nSPS) is 19.8. The first kappa shape index (κ1) is 13.9. The minimum atomic E-state index is -3.18. The highest BCUT2D eigenvalue weighted by atomic mass is 32.2. The second-order valence-electron chi connectivity index (χ2n) is 5.21. The summed E-state index contributed by atoms with van der Waals surface area (Å²) in [6.45, 7) is 4.16. The minimum Gasteiger partial charge on any atom is -0.392 e. The largest absolute Gasteiger partial charge is 0.392 e. The van der Waals surface area contributed by atoms with Crippen molar-refractivity contribution in [2.75, 3.05) is 12.3 Å². The van der Waals surface area contributed by atoms with Crippen molar-refractivity contribution in [2.24, 2.45) is 11.8 Å². The highest BCUT2D eigenvalue weighted by Crippen LogP contribution is 2.27. The Hall–Kier alpha value is -0.130. The standard InChI is InChI=1S/C11H23NO3S/c1-9(2)6-11(13)7-12-16(14,15)8-10-4-3-5-10/h9-13H,3-8H2,1-2H3. The number of sulfonamides is 1. The van der Waals surface area contributed by atoms with Crippen molar-refractivity contribution in [1.29, 1.82) is 0 Å². The van der Waals surface area contributed by atoms with Gasteiger partial charge < -0.3 is 5.11 Å². The minimum absolute atomic E-state index is 0.146. The lowest BCUT2D eigenvalue weighted by Crippen LogP contribution is -2.37. The number of aliphatic hydroxyl groups is 1. The number of aliphatic hydroxyl groups excluding tert-OH is 1. The van der Waals surface area contributed by atoms with Crippen LogP contribution in [0, 0.1) is 11.8 Å². The van der Waals surface area contributed by atoms with Gasteiger partial charge in [0.1, 0.15) is 0 Å². The van der Waals surface area contributed by atoms with E-state index in [1.807, 2.05) is 13.8 Å². The molecule has 0 amide bonds. The van der Waals surface area contributed by atoms with Crippen LogP contribution in [0.5, 0.6) is 0 Å². The molecule has 0 aliphatic heterocycles. The number of hydrogen-bond donors (Lipinski definition) is 2. The van der Waals surface area contributed by atoms with Crippen molar-refractivity contribution in [3.05, 3.63) is 0 Å². The molecule has 2 N–H and O–H groups in total. The van der Waals surface area contributed by atoms with Crippen LogP contribution in [0.15, 0.2) is 0 Å². The van der Waals surface area contributed by atoms with E-state index in [0.717, 1.165) is 19.3 Å². The molecule has 0 radical (unpaired) electrons. The fourth-order valence-corrected chi connectivity index (χ4v) is 3.40. The van der Waals surface area contributed by atoms with Crippen LogP contribution in [0.2, 0.25) is 0 Å². The fourth-order valence-electron chi connectivity index (χ4n) is 1.88. The first-order valence-electron chi connectivity index (χ1n) is 6.04. The highest BCUT2D eigenvalue weighted by molar-refractivity contribution is 7.89. The Morgan fingerprint density at radius 3 is 2.44 bits per heavy atom. The Bertz CT molecular complexity index is 296. The predicted octanol–water partition coefficient (Wildman–Crippen LogP) is 1.11. The smallest absolute Gasteiger partial charge is 0.211 e. The zero-order chi connectivity index (χ0) is 12.2. The molecule has 1 aliphatic rings. The lowest BCUT2D eigenvalue weighted by Gasteiger charge is -2.25. The molecule has 1 aliphatic carbocycles. The molecule has 1 unspecified atom stereocenters. The number of rotatable bonds is 7. The number of nitrogens with one attached hydrogen (secondary N) is 1. The summed E-state index contributed by atoms with van der Waals surface area (Å²) in [6, 6.07) is 0. The molecule has 0 saturated heterocycles. The molecule has 1 atom stereocenters. The van der Waals surface area contributed by atoms with Crippen LogP contribution in [-0.4, -0.2) is 31.9 Å². The summed E-state index contributed by atoms with van der Waals surface area (Å²) in [7, 11) is -3.18. The van der Waals surface area contributed by atoms with Crippen LogP contribution in [0.1, 0.15) is 39.5 Å². The van der Waals surface area contributed by atoms with Gasteiger partial charge in [-0.1, -0.05) is 20.3 Å². The van der Waals surface area contributed by atoms with Gasteiger partial charge in [-0.15, -0.1) is 0 Å². The summed E-state index contributed by atoms with van der Waals surface area (Å²) in [5, 5.41) is 9.56. The molecule has 0 spiro atoms. The van der Waals surface area contributed by atoms with Crippen LogP contribution in [0.25, 0.3) is 0 Å². The van der Waals surface area contributed by atoms with Crippen LogP contribution >= 0.6 is 0 Å². The van der Waals surface area contributed by atoms with Gasteiger partial charge in [0.15, 0.2) is 0 Å². The van der Waals surface area contributed by atoms with Gasteiger partial charge in [-0.05, 0) is 31.1 Å². The van der Waals surface area contributed by atoms with E-state index < -0.39 is 16.1 Å². The van der Waals surface area contributed by atoms with E-state index in [9.17, 15) is 13.5 Å². The molecule has 0 heterocycles. The van der Waals surface area contributed by atoms with Crippen molar-refractivity contribution in [2.45, 2.75) is 45.6 Å². The third-order valence-corrected chi connectivity index (χ3v) is 4.48. The van der Waals surface area contributed by atoms with E-state index in [1.54, 1.807) is 0 Å². The average Bonchev–Trinajstić information content (AvgIpc) is 2.08. The summed E-state index contributed by atoms with van der Waals surface area (Å²) in [4.78, 5) is 0. The van der Waals surface area contributed by atoms with E-state index in [4.69, 9.17) is 0 Å². The summed E-state index contributed by atoms with van der Waals surface area (Å²) < 4.78 is 25.7. The van der Waals surface area contributed by atoms with Crippen molar-refractivity contribution in [1.82, 2.24) is 4.72 Å². The Morgan fingerprint density at radius 1 is 1.38 bits per heavy atom. The van der Waals surface area contributed by atoms with Crippen molar-refractivity contribution in [3.8, 4) is 0 Å². The van der Waals surface area contributed by atoms with Crippen LogP contribution in [0.4, 0.5) is 0 Å². The molecule has 4 nitrogen and oxygen atoms in total. The third-order valence-electron chi connectivity index (χ3n) is 2.96. The zero-order valence-electron chi connectivity index (χ0n) is 10.1. The summed E-state index contributed by atoms with van der Waals surface area (Å²) in [6.07, 6.45) is 3.25. The fraction of sp³-hybridized carbons (Fsp3) is 1.00. The summed E-state index contributed by atoms with van der Waals surface area (Å²) in [5.41, 5.74) is 0. The topological polar surface area (TPSA) is 66.4 Å². The molecular formula is C11H23NO3S. The maximum atomic E-state index is 11.6. The monoisotopic (exact) mass is 249 g/mol. The quantitative estimate of drug-likeness (QED) is 0.710. The lowest BCUT2D eigenvalue weighted by atomic mass is 9.87. The Labute approximate surface area is 98.5 Å². The van der Waals surface area contributed by atoms with Gasteiger partial charge in [0.25, 0.3) is 0 Å². The van der Waals surface area contributed by atoms with Gasteiger partial charge in [0, 0.05) is 6.54 Å². The van der Waals surface area contributed by atoms with Gasteiger partial charge >= 0.3 is 0 Å². The summed E-state index contributed by atoms with van der Waals surface area (Å²) >= 11 is 0. The molecule has 0 aromatic rings. The first-order chi connectivity index (χ1) is 7.39. The van der Waals surface area contributed by atoms with Crippen molar-refractivity contribution < 1.29 is 13.5 Å². The maximum absolute atomic E-state index is 11.6.